The Morgan fingerprint density at radius 2 is 2.26 bits per heavy atom. The minimum atomic E-state index is -0.464. The van der Waals surface area contributed by atoms with Gasteiger partial charge >= 0.3 is 0 Å². The lowest BCUT2D eigenvalue weighted by Crippen LogP contribution is -2.43. The lowest BCUT2D eigenvalue weighted by atomic mass is 9.71. The van der Waals surface area contributed by atoms with Crippen molar-refractivity contribution in [2.75, 3.05) is 0 Å². The van der Waals surface area contributed by atoms with Crippen LogP contribution in [-0.4, -0.2) is 20.3 Å². The highest BCUT2D eigenvalue weighted by Crippen LogP contribution is 2.62. The number of aryl methyl sites for hydroxylation is 1. The van der Waals surface area contributed by atoms with E-state index in [9.17, 15) is 5.11 Å². The number of hydrogen-bond acceptors (Lipinski definition) is 2. The molecule has 2 bridgehead atoms. The van der Waals surface area contributed by atoms with Gasteiger partial charge in [-0.15, -0.1) is 0 Å². The molecule has 4 rings (SSSR count). The molecule has 3 aliphatic carbocycles. The van der Waals surface area contributed by atoms with Crippen LogP contribution in [0, 0.1) is 23.7 Å². The number of aromatic nitrogens is 2. The quantitative estimate of drug-likeness (QED) is 0.907. The SMILES string of the molecule is CCn1ccnc1CC1(O)CC2CC1C1CCCC21. The van der Waals surface area contributed by atoms with E-state index in [1.54, 1.807) is 0 Å². The Balaban J connectivity index is 1.58. The summed E-state index contributed by atoms with van der Waals surface area (Å²) in [6.45, 7) is 3.09. The van der Waals surface area contributed by atoms with E-state index >= 15 is 0 Å². The van der Waals surface area contributed by atoms with E-state index < -0.39 is 5.60 Å². The number of nitrogens with zero attached hydrogens (tertiary/aromatic N) is 2. The second kappa shape index (κ2) is 4.08. The molecule has 3 nitrogen and oxygen atoms in total. The van der Waals surface area contributed by atoms with Gasteiger partial charge in [0.05, 0.1) is 5.60 Å². The van der Waals surface area contributed by atoms with Gasteiger partial charge in [-0.2, -0.15) is 0 Å². The Morgan fingerprint density at radius 3 is 3.11 bits per heavy atom. The van der Waals surface area contributed by atoms with Gasteiger partial charge in [-0.1, -0.05) is 6.42 Å². The van der Waals surface area contributed by atoms with Gasteiger partial charge < -0.3 is 9.67 Å². The topological polar surface area (TPSA) is 38.0 Å². The van der Waals surface area contributed by atoms with Crippen LogP contribution in [0.15, 0.2) is 12.4 Å². The second-order valence-electron chi connectivity index (χ2n) is 6.97. The third-order valence-electron chi connectivity index (χ3n) is 6.22. The molecule has 0 spiro atoms. The van der Waals surface area contributed by atoms with Gasteiger partial charge in [-0.3, -0.25) is 0 Å². The summed E-state index contributed by atoms with van der Waals surface area (Å²) in [5, 5.41) is 11.2. The Bertz CT molecular complexity index is 483. The van der Waals surface area contributed by atoms with Crippen molar-refractivity contribution in [1.82, 2.24) is 9.55 Å². The van der Waals surface area contributed by atoms with Crippen LogP contribution in [0.5, 0.6) is 0 Å². The fourth-order valence-electron chi connectivity index (χ4n) is 5.51. The summed E-state index contributed by atoms with van der Waals surface area (Å²) in [5.74, 6) is 4.18. The highest BCUT2D eigenvalue weighted by atomic mass is 16.3. The van der Waals surface area contributed by atoms with E-state index in [2.05, 4.69) is 16.5 Å². The first kappa shape index (κ1) is 12.0. The molecule has 0 amide bonds. The van der Waals surface area contributed by atoms with Crippen LogP contribution >= 0.6 is 0 Å². The summed E-state index contributed by atoms with van der Waals surface area (Å²) in [7, 11) is 0. The lowest BCUT2D eigenvalue weighted by molar-refractivity contribution is -0.0469. The minimum Gasteiger partial charge on any atom is -0.389 e. The van der Waals surface area contributed by atoms with Crippen LogP contribution in [0.1, 0.15) is 44.9 Å². The van der Waals surface area contributed by atoms with Gasteiger partial charge in [0.2, 0.25) is 0 Å². The van der Waals surface area contributed by atoms with Crippen molar-refractivity contribution in [3.8, 4) is 0 Å². The van der Waals surface area contributed by atoms with Crippen LogP contribution in [0.3, 0.4) is 0 Å². The lowest BCUT2D eigenvalue weighted by Gasteiger charge is -2.39. The van der Waals surface area contributed by atoms with E-state index in [4.69, 9.17) is 0 Å². The normalized spacial score (nSPS) is 43.9. The molecule has 3 aliphatic rings. The summed E-state index contributed by atoms with van der Waals surface area (Å²) in [6.07, 6.45) is 11.1. The molecule has 1 N–H and O–H groups in total. The van der Waals surface area contributed by atoms with E-state index in [0.29, 0.717) is 5.92 Å². The molecule has 0 radical (unpaired) electrons. The van der Waals surface area contributed by atoms with Gasteiger partial charge in [0.1, 0.15) is 5.82 Å². The molecule has 3 fully saturated rings. The number of fused-ring (bicyclic) bond motifs is 5. The maximum Gasteiger partial charge on any atom is 0.111 e. The monoisotopic (exact) mass is 260 g/mol. The Labute approximate surface area is 115 Å². The maximum absolute atomic E-state index is 11.2. The van der Waals surface area contributed by atoms with Crippen molar-refractivity contribution < 1.29 is 5.11 Å². The van der Waals surface area contributed by atoms with E-state index in [1.165, 1.54) is 25.7 Å². The van der Waals surface area contributed by atoms with Crippen molar-refractivity contribution in [1.29, 1.82) is 0 Å². The molecule has 1 heterocycles. The van der Waals surface area contributed by atoms with Crippen molar-refractivity contribution >= 4 is 0 Å². The fourth-order valence-corrected chi connectivity index (χ4v) is 5.51. The molecule has 5 unspecified atom stereocenters. The average Bonchev–Trinajstić information content (AvgIpc) is 3.08. The molecular weight excluding hydrogens is 236 g/mol. The molecule has 5 atom stereocenters. The first-order valence-electron chi connectivity index (χ1n) is 7.93. The Hall–Kier alpha value is -0.830. The molecule has 3 heteroatoms. The molecular formula is C16H24N2O. The van der Waals surface area contributed by atoms with Gasteiger partial charge in [0.25, 0.3) is 0 Å². The second-order valence-corrected chi connectivity index (χ2v) is 6.97. The summed E-state index contributed by atoms with van der Waals surface area (Å²) in [6, 6.07) is 0. The van der Waals surface area contributed by atoms with Crippen molar-refractivity contribution in [2.45, 2.75) is 57.6 Å². The summed E-state index contributed by atoms with van der Waals surface area (Å²) in [4.78, 5) is 4.47. The third kappa shape index (κ3) is 1.63. The zero-order chi connectivity index (χ0) is 13.0. The van der Waals surface area contributed by atoms with Gasteiger partial charge in [-0.25, -0.2) is 4.98 Å². The van der Waals surface area contributed by atoms with Gasteiger partial charge in [0, 0.05) is 25.4 Å². The molecule has 0 saturated heterocycles. The smallest absolute Gasteiger partial charge is 0.111 e. The maximum atomic E-state index is 11.2. The van der Waals surface area contributed by atoms with Crippen LogP contribution < -0.4 is 0 Å². The van der Waals surface area contributed by atoms with Gasteiger partial charge in [-0.05, 0) is 56.3 Å². The van der Waals surface area contributed by atoms with Crippen molar-refractivity contribution in [2.24, 2.45) is 23.7 Å². The average molecular weight is 260 g/mol. The first-order valence-corrected chi connectivity index (χ1v) is 7.93. The minimum absolute atomic E-state index is 0.464. The van der Waals surface area contributed by atoms with Gasteiger partial charge in [0.15, 0.2) is 0 Å². The highest BCUT2D eigenvalue weighted by Gasteiger charge is 2.60. The molecule has 1 aromatic heterocycles. The Kier molecular flexibility index (Phi) is 2.57. The third-order valence-corrected chi connectivity index (χ3v) is 6.22. The van der Waals surface area contributed by atoms with Crippen LogP contribution in [-0.2, 0) is 13.0 Å². The molecule has 104 valence electrons. The predicted octanol–water partition coefficient (Wildman–Crippen LogP) is 2.63. The summed E-state index contributed by atoms with van der Waals surface area (Å²) >= 11 is 0. The fraction of sp³-hybridized carbons (Fsp3) is 0.812. The van der Waals surface area contributed by atoms with E-state index in [1.807, 2.05) is 12.4 Å². The van der Waals surface area contributed by atoms with Crippen LogP contribution in [0.2, 0.25) is 0 Å². The number of rotatable bonds is 3. The highest BCUT2D eigenvalue weighted by molar-refractivity contribution is 5.13. The summed E-state index contributed by atoms with van der Waals surface area (Å²) < 4.78 is 2.18. The largest absolute Gasteiger partial charge is 0.389 e. The van der Waals surface area contributed by atoms with E-state index in [0.717, 1.165) is 43.0 Å². The molecule has 19 heavy (non-hydrogen) atoms. The number of hydrogen-bond donors (Lipinski definition) is 1. The Morgan fingerprint density at radius 1 is 1.42 bits per heavy atom. The predicted molar refractivity (Wildman–Crippen MR) is 73.6 cm³/mol. The molecule has 1 aromatic rings. The molecule has 0 aromatic carbocycles. The zero-order valence-corrected chi connectivity index (χ0v) is 11.8. The molecule has 0 aliphatic heterocycles. The van der Waals surface area contributed by atoms with Crippen molar-refractivity contribution in [3.05, 3.63) is 18.2 Å². The standard InChI is InChI=1S/C16H24N2O/c1-2-18-7-6-17-15(18)10-16(19)9-11-8-14(16)13-5-3-4-12(11)13/h6-7,11-14,19H,2-5,8-10H2,1H3. The number of imidazole rings is 1. The first-order chi connectivity index (χ1) is 9.21. The van der Waals surface area contributed by atoms with E-state index in [-0.39, 0.29) is 0 Å². The van der Waals surface area contributed by atoms with Crippen LogP contribution in [0.4, 0.5) is 0 Å². The zero-order valence-electron chi connectivity index (χ0n) is 11.8. The van der Waals surface area contributed by atoms with Crippen LogP contribution in [0.25, 0.3) is 0 Å². The van der Waals surface area contributed by atoms with Crippen molar-refractivity contribution in [3.63, 3.8) is 0 Å². The molecule has 3 saturated carbocycles. The summed E-state index contributed by atoms with van der Waals surface area (Å²) in [5.41, 5.74) is -0.464. The number of aliphatic hydroxyl groups is 1.